The molecule has 0 spiro atoms. The largest absolute Gasteiger partial charge is 0.354 e. The van der Waals surface area contributed by atoms with Crippen LogP contribution in [0.15, 0.2) is 17.0 Å². The summed E-state index contributed by atoms with van der Waals surface area (Å²) in [6, 6.07) is 4.47. The molecule has 0 bridgehead atoms. The van der Waals surface area contributed by atoms with Gasteiger partial charge in [0.2, 0.25) is 15.9 Å². The quantitative estimate of drug-likeness (QED) is 0.651. The Morgan fingerprint density at radius 1 is 1.22 bits per heavy atom. The molecule has 1 saturated heterocycles. The summed E-state index contributed by atoms with van der Waals surface area (Å²) in [6.07, 6.45) is 3.67. The fraction of sp³-hybridized carbons (Fsp3) is 0.350. The number of carbonyl (C=O) groups is 2. The Bertz CT molecular complexity index is 1270. The third-order valence-corrected chi connectivity index (χ3v) is 9.23. The van der Waals surface area contributed by atoms with E-state index >= 15 is 0 Å². The van der Waals surface area contributed by atoms with Gasteiger partial charge in [0.15, 0.2) is 0 Å². The van der Waals surface area contributed by atoms with Crippen molar-refractivity contribution in [1.82, 2.24) is 9.62 Å². The summed E-state index contributed by atoms with van der Waals surface area (Å²) in [7, 11) is -4.13. The van der Waals surface area contributed by atoms with Crippen molar-refractivity contribution in [1.29, 1.82) is 5.26 Å². The monoisotopic (exact) mass is 512 g/mol. The average molecular weight is 513 g/mol. The van der Waals surface area contributed by atoms with Gasteiger partial charge in [-0.15, -0.1) is 11.3 Å². The maximum absolute atomic E-state index is 13.1. The second kappa shape index (κ2) is 9.00. The Hall–Kier alpha value is -2.16. The molecule has 2 aromatic rings. The van der Waals surface area contributed by atoms with Crippen molar-refractivity contribution in [3.8, 4) is 6.07 Å². The summed E-state index contributed by atoms with van der Waals surface area (Å²) in [6.45, 7) is -0.0769. The van der Waals surface area contributed by atoms with Crippen molar-refractivity contribution in [3.63, 3.8) is 0 Å². The summed E-state index contributed by atoms with van der Waals surface area (Å²) in [5, 5.41) is 15.1. The molecule has 1 aromatic heterocycles. The van der Waals surface area contributed by atoms with Crippen molar-refractivity contribution in [2.24, 2.45) is 0 Å². The van der Waals surface area contributed by atoms with Gasteiger partial charge in [-0.3, -0.25) is 9.59 Å². The average Bonchev–Trinajstić information content (AvgIpc) is 3.10. The fourth-order valence-corrected chi connectivity index (χ4v) is 7.27. The Labute approximate surface area is 199 Å². The highest BCUT2D eigenvalue weighted by molar-refractivity contribution is 7.89. The summed E-state index contributed by atoms with van der Waals surface area (Å²) < 4.78 is 27.2. The Kier molecular flexibility index (Phi) is 6.47. The molecule has 1 aliphatic heterocycles. The summed E-state index contributed by atoms with van der Waals surface area (Å²) in [4.78, 5) is 25.4. The van der Waals surface area contributed by atoms with E-state index in [1.165, 1.54) is 17.4 Å². The van der Waals surface area contributed by atoms with Crippen molar-refractivity contribution < 1.29 is 18.0 Å². The number of benzene rings is 1. The Morgan fingerprint density at radius 2 is 1.97 bits per heavy atom. The minimum absolute atomic E-state index is 0.0253. The lowest BCUT2D eigenvalue weighted by Gasteiger charge is -2.26. The number of amides is 2. The number of anilines is 1. The zero-order chi connectivity index (χ0) is 23.0. The molecule has 4 rings (SSSR count). The molecule has 2 aliphatic rings. The van der Waals surface area contributed by atoms with Crippen molar-refractivity contribution in [2.75, 3.05) is 25.0 Å². The molecular weight excluding hydrogens is 495 g/mol. The van der Waals surface area contributed by atoms with Gasteiger partial charge < -0.3 is 10.6 Å². The first-order chi connectivity index (χ1) is 15.2. The number of fused-ring (bicyclic) bond motifs is 1. The van der Waals surface area contributed by atoms with Crippen LogP contribution in [0.25, 0.3) is 0 Å². The smallest absolute Gasteiger partial charge is 0.257 e. The lowest BCUT2D eigenvalue weighted by Crippen LogP contribution is -2.49. The van der Waals surface area contributed by atoms with E-state index in [0.29, 0.717) is 10.6 Å². The molecule has 12 heteroatoms. The van der Waals surface area contributed by atoms with Crippen LogP contribution >= 0.6 is 34.5 Å². The maximum atomic E-state index is 13.1. The van der Waals surface area contributed by atoms with Crippen LogP contribution in [0.2, 0.25) is 10.0 Å². The predicted octanol–water partition coefficient (Wildman–Crippen LogP) is 3.18. The SMILES string of the molecule is N#Cc1c(NC(=O)c2cc(S(=O)(=O)N3CCNC(=O)C3)c(Cl)cc2Cl)sc2c1CCCC2. The minimum atomic E-state index is -4.13. The predicted molar refractivity (Wildman–Crippen MR) is 122 cm³/mol. The van der Waals surface area contributed by atoms with Crippen molar-refractivity contribution in [2.45, 2.75) is 30.6 Å². The highest BCUT2D eigenvalue weighted by Crippen LogP contribution is 2.38. The van der Waals surface area contributed by atoms with Crippen LogP contribution in [0.3, 0.4) is 0 Å². The number of thiophene rings is 1. The van der Waals surface area contributed by atoms with Gasteiger partial charge in [0, 0.05) is 18.0 Å². The first-order valence-electron chi connectivity index (χ1n) is 9.84. The van der Waals surface area contributed by atoms with Gasteiger partial charge in [0.1, 0.15) is 16.0 Å². The van der Waals surface area contributed by atoms with E-state index in [0.717, 1.165) is 46.5 Å². The molecule has 0 saturated carbocycles. The molecule has 1 aromatic carbocycles. The van der Waals surface area contributed by atoms with Crippen LogP contribution in [0.1, 0.15) is 39.2 Å². The highest BCUT2D eigenvalue weighted by atomic mass is 35.5. The Morgan fingerprint density at radius 3 is 2.69 bits per heavy atom. The zero-order valence-electron chi connectivity index (χ0n) is 16.7. The summed E-state index contributed by atoms with van der Waals surface area (Å²) in [5.41, 5.74) is 1.31. The van der Waals surface area contributed by atoms with Gasteiger partial charge in [-0.2, -0.15) is 9.57 Å². The molecule has 32 heavy (non-hydrogen) atoms. The molecule has 0 radical (unpaired) electrons. The molecule has 1 aliphatic carbocycles. The number of sulfonamides is 1. The maximum Gasteiger partial charge on any atom is 0.257 e. The molecule has 2 heterocycles. The highest BCUT2D eigenvalue weighted by Gasteiger charge is 2.32. The van der Waals surface area contributed by atoms with Crippen molar-refractivity contribution >= 4 is 61.4 Å². The number of nitrogens with zero attached hydrogens (tertiary/aromatic N) is 2. The first kappa shape index (κ1) is 23.0. The molecular formula is C20H18Cl2N4O4S2. The number of nitrogens with one attached hydrogen (secondary N) is 2. The van der Waals surface area contributed by atoms with Gasteiger partial charge in [-0.1, -0.05) is 23.2 Å². The summed E-state index contributed by atoms with van der Waals surface area (Å²) in [5.74, 6) is -1.07. The topological polar surface area (TPSA) is 119 Å². The number of hydrogen-bond donors (Lipinski definition) is 2. The third-order valence-electron chi connectivity index (χ3n) is 5.40. The van der Waals surface area contributed by atoms with Gasteiger partial charge in [0.25, 0.3) is 5.91 Å². The summed E-state index contributed by atoms with van der Waals surface area (Å²) >= 11 is 13.7. The standard InChI is InChI=1S/C20H18Cl2N4O4S2/c21-14-8-15(22)17(32(29,30)26-6-5-24-18(27)10-26)7-12(14)19(28)25-20-13(9-23)11-3-1-2-4-16(11)31-20/h7-8H,1-6,10H2,(H,24,27)(H,25,28). The van der Waals surface area contributed by atoms with E-state index in [9.17, 15) is 23.3 Å². The van der Waals surface area contributed by atoms with Crippen LogP contribution in [-0.4, -0.2) is 44.2 Å². The van der Waals surface area contributed by atoms with Crippen molar-refractivity contribution in [3.05, 3.63) is 43.7 Å². The number of carbonyl (C=O) groups excluding carboxylic acids is 2. The molecule has 0 atom stereocenters. The van der Waals surface area contributed by atoms with E-state index in [1.54, 1.807) is 0 Å². The molecule has 8 nitrogen and oxygen atoms in total. The van der Waals surface area contributed by atoms with E-state index < -0.39 is 21.8 Å². The first-order valence-corrected chi connectivity index (χ1v) is 12.9. The van der Waals surface area contributed by atoms with E-state index in [1.807, 2.05) is 0 Å². The van der Waals surface area contributed by atoms with Crippen LogP contribution in [0.4, 0.5) is 5.00 Å². The molecule has 2 N–H and O–H groups in total. The number of hydrogen-bond acceptors (Lipinski definition) is 6. The van der Waals surface area contributed by atoms with Crippen LogP contribution in [0.5, 0.6) is 0 Å². The second-order valence-electron chi connectivity index (χ2n) is 7.43. The molecule has 2 amide bonds. The minimum Gasteiger partial charge on any atom is -0.354 e. The zero-order valence-corrected chi connectivity index (χ0v) is 19.8. The Balaban J connectivity index is 1.68. The van der Waals surface area contributed by atoms with Gasteiger partial charge >= 0.3 is 0 Å². The number of halogens is 2. The van der Waals surface area contributed by atoms with Gasteiger partial charge in [-0.05, 0) is 43.4 Å². The third kappa shape index (κ3) is 4.23. The number of aryl methyl sites for hydroxylation is 1. The molecule has 0 unspecified atom stereocenters. The van der Waals surface area contributed by atoms with E-state index in [2.05, 4.69) is 16.7 Å². The lowest BCUT2D eigenvalue weighted by atomic mass is 9.96. The van der Waals surface area contributed by atoms with Crippen LogP contribution in [0, 0.1) is 11.3 Å². The van der Waals surface area contributed by atoms with Crippen LogP contribution in [-0.2, 0) is 27.7 Å². The molecule has 168 valence electrons. The molecule has 1 fully saturated rings. The number of piperazine rings is 1. The van der Waals surface area contributed by atoms with Gasteiger partial charge in [0.05, 0.1) is 27.7 Å². The second-order valence-corrected chi connectivity index (χ2v) is 11.3. The van der Waals surface area contributed by atoms with E-state index in [-0.39, 0.29) is 40.1 Å². The number of rotatable bonds is 4. The van der Waals surface area contributed by atoms with E-state index in [4.69, 9.17) is 23.2 Å². The fourth-order valence-electron chi connectivity index (χ4n) is 3.80. The van der Waals surface area contributed by atoms with Gasteiger partial charge in [-0.25, -0.2) is 8.42 Å². The number of nitriles is 1. The normalized spacial score (nSPS) is 16.7. The lowest BCUT2D eigenvalue weighted by molar-refractivity contribution is -0.122. The van der Waals surface area contributed by atoms with Crippen LogP contribution < -0.4 is 10.6 Å².